The third kappa shape index (κ3) is 6.59. The largest absolute Gasteiger partial charge is 0.282 e. The number of benzene rings is 9. The van der Waals surface area contributed by atoms with Crippen molar-refractivity contribution in [2.45, 2.75) is 19.3 Å². The quantitative estimate of drug-likeness (QED) is 0.124. The predicted molar refractivity (Wildman–Crippen MR) is 251 cm³/mol. The van der Waals surface area contributed by atoms with Gasteiger partial charge in [0.25, 0.3) is 0 Å². The molecule has 0 amide bonds. The summed E-state index contributed by atoms with van der Waals surface area (Å²) in [6.07, 6.45) is 4.23. The van der Waals surface area contributed by atoms with Gasteiger partial charge < -0.3 is 0 Å². The topological polar surface area (TPSA) is 36.2 Å². The summed E-state index contributed by atoms with van der Waals surface area (Å²) in [5.41, 5.74) is 15.9. The van der Waals surface area contributed by atoms with E-state index in [1.54, 1.807) is 0 Å². The molecule has 0 fully saturated rings. The van der Waals surface area contributed by atoms with E-state index in [2.05, 4.69) is 196 Å². The average Bonchev–Trinajstić information content (AvgIpc) is 3.53. The van der Waals surface area contributed by atoms with Crippen LogP contribution in [0.15, 0.2) is 211 Å². The van der Waals surface area contributed by atoms with Gasteiger partial charge in [0, 0.05) is 16.5 Å². The summed E-state index contributed by atoms with van der Waals surface area (Å²) in [5.74, 6) is 0.218. The Morgan fingerprint density at radius 1 is 0.458 bits per heavy atom. The highest BCUT2D eigenvalue weighted by molar-refractivity contribution is 6.20. The molecule has 1 aliphatic rings. The third-order valence-electron chi connectivity index (χ3n) is 12.0. The highest BCUT2D eigenvalue weighted by Crippen LogP contribution is 2.49. The van der Waals surface area contributed by atoms with Gasteiger partial charge in [-0.1, -0.05) is 202 Å². The zero-order valence-corrected chi connectivity index (χ0v) is 33.2. The lowest BCUT2D eigenvalue weighted by Gasteiger charge is -2.22. The van der Waals surface area contributed by atoms with Gasteiger partial charge in [-0.15, -0.1) is 0 Å². The van der Waals surface area contributed by atoms with Crippen LogP contribution in [0, 0.1) is 5.41 Å². The van der Waals surface area contributed by atoms with E-state index in [1.807, 2.05) is 30.3 Å². The van der Waals surface area contributed by atoms with Crippen molar-refractivity contribution in [3.05, 3.63) is 234 Å². The molecule has 0 unspecified atom stereocenters. The Bertz CT molecular complexity index is 3150. The van der Waals surface area contributed by atoms with E-state index in [-0.39, 0.29) is 11.3 Å². The molecule has 0 spiro atoms. The Morgan fingerprint density at radius 2 is 1.08 bits per heavy atom. The second-order valence-corrected chi connectivity index (χ2v) is 15.9. The monoisotopic (exact) mass is 754 g/mol. The van der Waals surface area contributed by atoms with E-state index in [0.717, 1.165) is 38.9 Å². The molecule has 0 aliphatic heterocycles. The summed E-state index contributed by atoms with van der Waals surface area (Å²) in [6.45, 7) is 4.68. The van der Waals surface area contributed by atoms with Crippen molar-refractivity contribution in [1.82, 2.24) is 0 Å². The van der Waals surface area contributed by atoms with Crippen molar-refractivity contribution >= 4 is 39.2 Å². The van der Waals surface area contributed by atoms with E-state index < -0.39 is 0 Å². The van der Waals surface area contributed by atoms with Crippen molar-refractivity contribution in [1.29, 1.82) is 5.41 Å². The fourth-order valence-electron chi connectivity index (χ4n) is 8.92. The molecule has 0 atom stereocenters. The zero-order chi connectivity index (χ0) is 39.9. The van der Waals surface area contributed by atoms with Crippen LogP contribution in [0.2, 0.25) is 0 Å². The van der Waals surface area contributed by atoms with Crippen LogP contribution in [0.25, 0.3) is 72.1 Å². The van der Waals surface area contributed by atoms with Gasteiger partial charge in [0.2, 0.25) is 0 Å². The maximum atomic E-state index is 9.07. The first-order valence-electron chi connectivity index (χ1n) is 20.3. The first kappa shape index (κ1) is 36.0. The van der Waals surface area contributed by atoms with Crippen molar-refractivity contribution < 1.29 is 0 Å². The van der Waals surface area contributed by atoms with Crippen molar-refractivity contribution in [3.63, 3.8) is 0 Å². The first-order chi connectivity index (χ1) is 28.9. The van der Waals surface area contributed by atoms with Gasteiger partial charge in [-0.25, -0.2) is 4.99 Å². The number of nitrogens with one attached hydrogen (secondary N) is 1. The average molecular weight is 755 g/mol. The number of hydrogen-bond donors (Lipinski definition) is 1. The van der Waals surface area contributed by atoms with Crippen LogP contribution in [0.3, 0.4) is 0 Å². The number of hydrogen-bond acceptors (Lipinski definition) is 1. The second kappa shape index (κ2) is 14.8. The minimum absolute atomic E-state index is 0.0516. The molecule has 0 heterocycles. The Morgan fingerprint density at radius 3 is 1.95 bits per heavy atom. The van der Waals surface area contributed by atoms with Crippen LogP contribution in [-0.4, -0.2) is 11.5 Å². The highest BCUT2D eigenvalue weighted by atomic mass is 14.8. The van der Waals surface area contributed by atoms with Gasteiger partial charge in [0.1, 0.15) is 0 Å². The lowest BCUT2D eigenvalue weighted by molar-refractivity contribution is 0.660. The molecule has 2 heteroatoms. The van der Waals surface area contributed by atoms with Crippen LogP contribution >= 0.6 is 0 Å². The summed E-state index contributed by atoms with van der Waals surface area (Å²) < 4.78 is 0. The standard InChI is InChI=1S/C57H42N2/c1-57(2)53-26-13-12-24-50(53)51-33-30-43(37-54(51)57)42-19-14-20-44(36-42)48-32-29-39(46-21-8-10-23-49(46)48)31-34-55(59-56(58)40-16-4-3-5-17-40)52-25-11-9-22-47(52)45-28-27-38-15-6-7-18-41(38)35-45/h3-37,58H,1-2H3/b34-31+,58-56?,59-55?. The summed E-state index contributed by atoms with van der Waals surface area (Å²) in [5, 5.41) is 13.8. The van der Waals surface area contributed by atoms with Gasteiger partial charge in [0.15, 0.2) is 5.84 Å². The molecule has 1 aliphatic carbocycles. The molecule has 10 rings (SSSR count). The van der Waals surface area contributed by atoms with Crippen LogP contribution in [-0.2, 0) is 5.41 Å². The normalized spacial score (nSPS) is 13.2. The van der Waals surface area contributed by atoms with Gasteiger partial charge in [-0.05, 0) is 107 Å². The zero-order valence-electron chi connectivity index (χ0n) is 33.2. The number of nitrogens with zero attached hydrogens (tertiary/aromatic N) is 1. The van der Waals surface area contributed by atoms with Crippen molar-refractivity contribution in [3.8, 4) is 44.5 Å². The minimum Gasteiger partial charge on any atom is -0.282 e. The molecule has 2 nitrogen and oxygen atoms in total. The van der Waals surface area contributed by atoms with Crippen LogP contribution in [0.5, 0.6) is 0 Å². The van der Waals surface area contributed by atoms with Gasteiger partial charge >= 0.3 is 0 Å². The molecular formula is C57H42N2. The number of aliphatic imine (C=N–C) groups is 1. The van der Waals surface area contributed by atoms with Crippen molar-refractivity contribution in [2.75, 3.05) is 0 Å². The van der Waals surface area contributed by atoms with E-state index in [1.165, 1.54) is 60.7 Å². The van der Waals surface area contributed by atoms with Crippen LogP contribution < -0.4 is 0 Å². The van der Waals surface area contributed by atoms with E-state index in [4.69, 9.17) is 10.4 Å². The molecule has 0 radical (unpaired) electrons. The summed E-state index contributed by atoms with van der Waals surface area (Å²) in [6, 6.07) is 71.0. The maximum absolute atomic E-state index is 9.07. The van der Waals surface area contributed by atoms with Crippen molar-refractivity contribution in [2.24, 2.45) is 4.99 Å². The van der Waals surface area contributed by atoms with E-state index in [9.17, 15) is 0 Å². The van der Waals surface area contributed by atoms with Crippen LogP contribution in [0.4, 0.5) is 0 Å². The number of amidine groups is 1. The molecule has 0 saturated carbocycles. The molecule has 59 heavy (non-hydrogen) atoms. The van der Waals surface area contributed by atoms with Crippen LogP contribution in [0.1, 0.15) is 41.7 Å². The maximum Gasteiger partial charge on any atom is 0.152 e. The molecule has 0 bridgehead atoms. The molecule has 280 valence electrons. The molecule has 9 aromatic carbocycles. The smallest absolute Gasteiger partial charge is 0.152 e. The lowest BCUT2D eigenvalue weighted by Crippen LogP contribution is -2.14. The fourth-order valence-corrected chi connectivity index (χ4v) is 8.92. The van der Waals surface area contributed by atoms with E-state index in [0.29, 0.717) is 0 Å². The Labute approximate surface area is 346 Å². The molecule has 0 aromatic heterocycles. The summed E-state index contributed by atoms with van der Waals surface area (Å²) >= 11 is 0. The Balaban J connectivity index is 1.04. The number of rotatable bonds is 7. The first-order valence-corrected chi connectivity index (χ1v) is 20.3. The van der Waals surface area contributed by atoms with Gasteiger partial charge in [-0.3, -0.25) is 5.41 Å². The third-order valence-corrected chi connectivity index (χ3v) is 12.0. The molecular weight excluding hydrogens is 713 g/mol. The Kier molecular flexibility index (Phi) is 9.03. The summed E-state index contributed by atoms with van der Waals surface area (Å²) in [7, 11) is 0. The molecule has 1 N–H and O–H groups in total. The minimum atomic E-state index is -0.0516. The lowest BCUT2D eigenvalue weighted by atomic mass is 9.81. The predicted octanol–water partition coefficient (Wildman–Crippen LogP) is 14.8. The highest BCUT2D eigenvalue weighted by Gasteiger charge is 2.35. The SMILES string of the molecule is CC1(C)c2ccccc2-c2ccc(-c3cccc(-c4ccc(/C=C/C(=NC(=N)c5ccccc5)c5ccccc5-c5ccc6ccccc6c5)c5ccccc45)c3)cc21. The van der Waals surface area contributed by atoms with Gasteiger partial charge in [0.05, 0.1) is 5.71 Å². The fraction of sp³-hybridized carbons (Fsp3) is 0.0526. The summed E-state index contributed by atoms with van der Waals surface area (Å²) in [4.78, 5) is 5.02. The molecule has 0 saturated heterocycles. The number of fused-ring (bicyclic) bond motifs is 5. The van der Waals surface area contributed by atoms with Gasteiger partial charge in [-0.2, -0.15) is 0 Å². The number of allylic oxidation sites excluding steroid dienone is 1. The molecule has 9 aromatic rings. The Hall–Kier alpha value is -7.42. The second-order valence-electron chi connectivity index (χ2n) is 15.9. The van der Waals surface area contributed by atoms with E-state index >= 15 is 0 Å².